The Hall–Kier alpha value is -2.96. The molecule has 0 aliphatic carbocycles. The zero-order chi connectivity index (χ0) is 14.5. The predicted octanol–water partition coefficient (Wildman–Crippen LogP) is 1.50. The fourth-order valence-corrected chi connectivity index (χ4v) is 1.63. The van der Waals surface area contributed by atoms with Crippen LogP contribution in [0.1, 0.15) is 15.9 Å². The van der Waals surface area contributed by atoms with E-state index in [1.54, 1.807) is 24.5 Å². The Morgan fingerprint density at radius 1 is 1.30 bits per heavy atom. The second-order valence-electron chi connectivity index (χ2n) is 4.07. The maximum atomic E-state index is 12.0. The number of rotatable bonds is 4. The molecular formula is C13H12N4O3. The van der Waals surface area contributed by atoms with E-state index in [-0.39, 0.29) is 16.9 Å². The molecule has 0 saturated carbocycles. The number of nitrogens with zero attached hydrogens (tertiary/aromatic N) is 2. The van der Waals surface area contributed by atoms with Crippen LogP contribution in [0.15, 0.2) is 42.7 Å². The summed E-state index contributed by atoms with van der Waals surface area (Å²) in [5.41, 5.74) is 6.65. The van der Waals surface area contributed by atoms with Gasteiger partial charge >= 0.3 is 0 Å². The maximum absolute atomic E-state index is 12.0. The van der Waals surface area contributed by atoms with Crippen LogP contribution < -0.4 is 11.1 Å². The molecule has 20 heavy (non-hydrogen) atoms. The number of aromatic nitrogens is 1. The number of nitro benzene ring substituents is 1. The Balaban J connectivity index is 2.13. The van der Waals surface area contributed by atoms with E-state index in [0.29, 0.717) is 6.54 Å². The molecule has 0 spiro atoms. The molecule has 0 bridgehead atoms. The van der Waals surface area contributed by atoms with Crippen molar-refractivity contribution in [2.24, 2.45) is 0 Å². The number of carbonyl (C=O) groups is 1. The lowest BCUT2D eigenvalue weighted by Crippen LogP contribution is -2.23. The highest BCUT2D eigenvalue weighted by Crippen LogP contribution is 2.19. The number of nitrogens with two attached hydrogens (primary N) is 1. The number of anilines is 1. The molecule has 0 aliphatic rings. The molecule has 0 fully saturated rings. The second kappa shape index (κ2) is 5.79. The Morgan fingerprint density at radius 3 is 2.65 bits per heavy atom. The highest BCUT2D eigenvalue weighted by Gasteiger charge is 2.14. The van der Waals surface area contributed by atoms with E-state index in [2.05, 4.69) is 10.3 Å². The predicted molar refractivity (Wildman–Crippen MR) is 72.9 cm³/mol. The number of pyridine rings is 1. The molecule has 2 rings (SSSR count). The van der Waals surface area contributed by atoms with Crippen molar-refractivity contribution in [1.29, 1.82) is 0 Å². The van der Waals surface area contributed by atoms with Crippen molar-refractivity contribution >= 4 is 17.3 Å². The van der Waals surface area contributed by atoms with Gasteiger partial charge in [-0.25, -0.2) is 0 Å². The Labute approximate surface area is 114 Å². The average molecular weight is 272 g/mol. The normalized spacial score (nSPS) is 10.0. The maximum Gasteiger partial charge on any atom is 0.270 e. The fraction of sp³-hybridized carbons (Fsp3) is 0.0769. The van der Waals surface area contributed by atoms with E-state index in [4.69, 9.17) is 5.73 Å². The SMILES string of the molecule is Nc1ccc([N+](=O)[O-])cc1C(=O)NCc1ccncc1. The molecule has 3 N–H and O–H groups in total. The average Bonchev–Trinajstić information content (AvgIpc) is 2.46. The molecule has 1 heterocycles. The summed E-state index contributed by atoms with van der Waals surface area (Å²) in [6.07, 6.45) is 3.23. The van der Waals surface area contributed by atoms with Gasteiger partial charge in [0, 0.05) is 36.8 Å². The number of nitro groups is 1. The van der Waals surface area contributed by atoms with Gasteiger partial charge in [0.25, 0.3) is 11.6 Å². The molecule has 2 aromatic rings. The molecule has 1 amide bonds. The summed E-state index contributed by atoms with van der Waals surface area (Å²) >= 11 is 0. The lowest BCUT2D eigenvalue weighted by molar-refractivity contribution is -0.384. The van der Waals surface area contributed by atoms with Crippen LogP contribution in [0.5, 0.6) is 0 Å². The van der Waals surface area contributed by atoms with Gasteiger partial charge in [0.05, 0.1) is 10.5 Å². The molecule has 0 saturated heterocycles. The third-order valence-electron chi connectivity index (χ3n) is 2.69. The third-order valence-corrected chi connectivity index (χ3v) is 2.69. The summed E-state index contributed by atoms with van der Waals surface area (Å²) in [5.74, 6) is -0.456. The summed E-state index contributed by atoms with van der Waals surface area (Å²) < 4.78 is 0. The molecule has 0 radical (unpaired) electrons. The van der Waals surface area contributed by atoms with E-state index in [9.17, 15) is 14.9 Å². The van der Waals surface area contributed by atoms with Crippen LogP contribution in [0.4, 0.5) is 11.4 Å². The van der Waals surface area contributed by atoms with Gasteiger partial charge < -0.3 is 11.1 Å². The summed E-state index contributed by atoms with van der Waals surface area (Å²) in [6.45, 7) is 0.295. The smallest absolute Gasteiger partial charge is 0.270 e. The third kappa shape index (κ3) is 3.08. The molecule has 1 aromatic heterocycles. The van der Waals surface area contributed by atoms with Gasteiger partial charge in [-0.15, -0.1) is 0 Å². The number of hydrogen-bond donors (Lipinski definition) is 2. The van der Waals surface area contributed by atoms with Crippen molar-refractivity contribution in [2.45, 2.75) is 6.54 Å². The number of non-ortho nitro benzene ring substituents is 1. The van der Waals surface area contributed by atoms with E-state index in [1.165, 1.54) is 12.1 Å². The quantitative estimate of drug-likeness (QED) is 0.497. The Kier molecular flexibility index (Phi) is 3.90. The van der Waals surface area contributed by atoms with E-state index >= 15 is 0 Å². The topological polar surface area (TPSA) is 111 Å². The highest BCUT2D eigenvalue weighted by molar-refractivity contribution is 5.99. The minimum Gasteiger partial charge on any atom is -0.398 e. The second-order valence-corrected chi connectivity index (χ2v) is 4.07. The minimum atomic E-state index is -0.570. The first-order chi connectivity index (χ1) is 9.58. The van der Waals surface area contributed by atoms with Gasteiger partial charge in [0.1, 0.15) is 0 Å². The van der Waals surface area contributed by atoms with E-state index < -0.39 is 10.8 Å². The molecular weight excluding hydrogens is 260 g/mol. The minimum absolute atomic E-state index is 0.0910. The van der Waals surface area contributed by atoms with Crippen LogP contribution in [0.2, 0.25) is 0 Å². The first kappa shape index (κ1) is 13.5. The van der Waals surface area contributed by atoms with Crippen LogP contribution in [0.25, 0.3) is 0 Å². The van der Waals surface area contributed by atoms with Gasteiger partial charge in [-0.2, -0.15) is 0 Å². The van der Waals surface area contributed by atoms with Crippen molar-refractivity contribution in [3.63, 3.8) is 0 Å². The number of benzene rings is 1. The van der Waals surface area contributed by atoms with Crippen molar-refractivity contribution in [2.75, 3.05) is 5.73 Å². The number of amides is 1. The fourth-order valence-electron chi connectivity index (χ4n) is 1.63. The summed E-state index contributed by atoms with van der Waals surface area (Å²) in [5, 5.41) is 13.3. The van der Waals surface area contributed by atoms with Crippen molar-refractivity contribution in [3.8, 4) is 0 Å². The monoisotopic (exact) mass is 272 g/mol. The highest BCUT2D eigenvalue weighted by atomic mass is 16.6. The van der Waals surface area contributed by atoms with E-state index in [1.807, 2.05) is 0 Å². The van der Waals surface area contributed by atoms with Gasteiger partial charge in [-0.05, 0) is 23.8 Å². The molecule has 0 unspecified atom stereocenters. The first-order valence-electron chi connectivity index (χ1n) is 5.79. The lowest BCUT2D eigenvalue weighted by atomic mass is 10.1. The summed E-state index contributed by atoms with van der Waals surface area (Å²) in [7, 11) is 0. The summed E-state index contributed by atoms with van der Waals surface area (Å²) in [4.78, 5) is 26.0. The van der Waals surface area contributed by atoms with E-state index in [0.717, 1.165) is 11.6 Å². The zero-order valence-corrected chi connectivity index (χ0v) is 10.4. The van der Waals surface area contributed by atoms with Crippen LogP contribution in [0.3, 0.4) is 0 Å². The van der Waals surface area contributed by atoms with Crippen LogP contribution in [0, 0.1) is 10.1 Å². The molecule has 7 nitrogen and oxygen atoms in total. The Bertz CT molecular complexity index is 643. The Morgan fingerprint density at radius 2 is 2.00 bits per heavy atom. The van der Waals surface area contributed by atoms with Crippen molar-refractivity contribution in [3.05, 3.63) is 64.0 Å². The zero-order valence-electron chi connectivity index (χ0n) is 10.4. The van der Waals surface area contributed by atoms with Gasteiger partial charge in [-0.1, -0.05) is 0 Å². The molecule has 0 atom stereocenters. The lowest BCUT2D eigenvalue weighted by Gasteiger charge is -2.07. The number of nitrogens with one attached hydrogen (secondary N) is 1. The van der Waals surface area contributed by atoms with Crippen molar-refractivity contribution < 1.29 is 9.72 Å². The van der Waals surface area contributed by atoms with Crippen LogP contribution in [-0.2, 0) is 6.54 Å². The van der Waals surface area contributed by atoms with Crippen LogP contribution in [-0.4, -0.2) is 15.8 Å². The number of carbonyl (C=O) groups excluding carboxylic acids is 1. The first-order valence-corrected chi connectivity index (χ1v) is 5.79. The van der Waals surface area contributed by atoms with Gasteiger partial charge in [0.2, 0.25) is 0 Å². The molecule has 0 aliphatic heterocycles. The van der Waals surface area contributed by atoms with Gasteiger partial charge in [-0.3, -0.25) is 19.9 Å². The van der Waals surface area contributed by atoms with Crippen LogP contribution >= 0.6 is 0 Å². The van der Waals surface area contributed by atoms with Gasteiger partial charge in [0.15, 0.2) is 0 Å². The van der Waals surface area contributed by atoms with Crippen molar-refractivity contribution in [1.82, 2.24) is 10.3 Å². The summed E-state index contributed by atoms with van der Waals surface area (Å²) in [6, 6.07) is 7.29. The number of nitrogen functional groups attached to an aromatic ring is 1. The molecule has 7 heteroatoms. The molecule has 102 valence electrons. The number of hydrogen-bond acceptors (Lipinski definition) is 5. The molecule has 1 aromatic carbocycles. The standard InChI is InChI=1S/C13H12N4O3/c14-12-2-1-10(17(19)20)7-11(12)13(18)16-8-9-3-5-15-6-4-9/h1-7H,8,14H2,(H,16,18). The largest absolute Gasteiger partial charge is 0.398 e.